The minimum absolute atomic E-state index is 0.0463. The number of rotatable bonds is 2. The van der Waals surface area contributed by atoms with Crippen LogP contribution in [0.4, 0.5) is 5.95 Å². The fourth-order valence-electron chi connectivity index (χ4n) is 3.95. The van der Waals surface area contributed by atoms with Gasteiger partial charge >= 0.3 is 0 Å². The van der Waals surface area contributed by atoms with Gasteiger partial charge in [0.25, 0.3) is 0 Å². The highest BCUT2D eigenvalue weighted by molar-refractivity contribution is 6.42. The van der Waals surface area contributed by atoms with Gasteiger partial charge < -0.3 is 9.88 Å². The molecule has 27 heavy (non-hydrogen) atoms. The molecule has 2 atom stereocenters. The molecule has 0 spiro atoms. The predicted molar refractivity (Wildman–Crippen MR) is 112 cm³/mol. The summed E-state index contributed by atoms with van der Waals surface area (Å²) in [6.07, 6.45) is 0.859. The second-order valence-corrected chi connectivity index (χ2v) is 7.58. The van der Waals surface area contributed by atoms with E-state index in [-0.39, 0.29) is 12.1 Å². The molecule has 0 amide bonds. The number of imidazole rings is 1. The number of fused-ring (bicyclic) bond motifs is 3. The van der Waals surface area contributed by atoms with Crippen molar-refractivity contribution in [3.8, 4) is 0 Å². The molecule has 0 unspecified atom stereocenters. The number of benzene rings is 3. The fraction of sp³-hybridized carbons (Fsp3) is 0.136. The van der Waals surface area contributed by atoms with Gasteiger partial charge in [0.1, 0.15) is 0 Å². The number of nitrogens with one attached hydrogen (secondary N) is 1. The van der Waals surface area contributed by atoms with Crippen molar-refractivity contribution in [1.29, 1.82) is 0 Å². The summed E-state index contributed by atoms with van der Waals surface area (Å²) in [6.45, 7) is 0. The van der Waals surface area contributed by atoms with Gasteiger partial charge in [0.15, 0.2) is 0 Å². The van der Waals surface area contributed by atoms with E-state index in [0.717, 1.165) is 29.0 Å². The molecule has 1 aliphatic heterocycles. The van der Waals surface area contributed by atoms with Gasteiger partial charge in [-0.05, 0) is 35.7 Å². The van der Waals surface area contributed by atoms with Crippen molar-refractivity contribution in [2.24, 2.45) is 0 Å². The van der Waals surface area contributed by atoms with Crippen molar-refractivity contribution in [2.45, 2.75) is 18.5 Å². The number of hydrogen-bond donors (Lipinski definition) is 1. The number of hydrogen-bond acceptors (Lipinski definition) is 2. The molecule has 0 saturated carbocycles. The predicted octanol–water partition coefficient (Wildman–Crippen LogP) is 6.49. The zero-order valence-corrected chi connectivity index (χ0v) is 16.0. The van der Waals surface area contributed by atoms with Crippen molar-refractivity contribution in [3.63, 3.8) is 0 Å². The molecule has 5 heteroatoms. The molecule has 0 radical (unpaired) electrons. The molecule has 1 N–H and O–H groups in total. The van der Waals surface area contributed by atoms with Gasteiger partial charge in [-0.2, -0.15) is 0 Å². The summed E-state index contributed by atoms with van der Waals surface area (Å²) in [7, 11) is 0. The van der Waals surface area contributed by atoms with Crippen LogP contribution in [0, 0.1) is 0 Å². The average Bonchev–Trinajstić information content (AvgIpc) is 3.09. The maximum Gasteiger partial charge on any atom is 0.204 e. The van der Waals surface area contributed by atoms with Gasteiger partial charge in [0.05, 0.1) is 33.2 Å². The van der Waals surface area contributed by atoms with Crippen LogP contribution >= 0.6 is 23.2 Å². The first kappa shape index (κ1) is 16.7. The SMILES string of the molecule is Clc1cccc([C@H]2C[C@@H](c3ccccc3)Nc3nc4ccccc4n32)c1Cl. The fourth-order valence-corrected chi connectivity index (χ4v) is 4.39. The largest absolute Gasteiger partial charge is 0.349 e. The van der Waals surface area contributed by atoms with Gasteiger partial charge in [0, 0.05) is 0 Å². The molecular formula is C22H17Cl2N3. The topological polar surface area (TPSA) is 29.9 Å². The van der Waals surface area contributed by atoms with Gasteiger partial charge in [-0.15, -0.1) is 0 Å². The Labute approximate surface area is 167 Å². The molecule has 0 saturated heterocycles. The molecule has 1 aliphatic rings. The van der Waals surface area contributed by atoms with Crippen LogP contribution in [-0.2, 0) is 0 Å². The van der Waals surface area contributed by atoms with E-state index in [9.17, 15) is 0 Å². The van der Waals surface area contributed by atoms with Crippen LogP contribution in [0.2, 0.25) is 10.0 Å². The highest BCUT2D eigenvalue weighted by Crippen LogP contribution is 2.43. The van der Waals surface area contributed by atoms with Crippen LogP contribution < -0.4 is 5.32 Å². The van der Waals surface area contributed by atoms with E-state index < -0.39 is 0 Å². The van der Waals surface area contributed by atoms with E-state index in [1.54, 1.807) is 0 Å². The Bertz CT molecular complexity index is 1120. The average molecular weight is 394 g/mol. The summed E-state index contributed by atoms with van der Waals surface area (Å²) >= 11 is 13.0. The highest BCUT2D eigenvalue weighted by atomic mass is 35.5. The van der Waals surface area contributed by atoms with Crippen LogP contribution in [0.15, 0.2) is 72.8 Å². The van der Waals surface area contributed by atoms with Gasteiger partial charge in [0.2, 0.25) is 5.95 Å². The lowest BCUT2D eigenvalue weighted by atomic mass is 9.93. The summed E-state index contributed by atoms with van der Waals surface area (Å²) in [5.41, 5.74) is 4.32. The molecule has 5 rings (SSSR count). The zero-order chi connectivity index (χ0) is 18.4. The first-order valence-corrected chi connectivity index (χ1v) is 9.70. The Hall–Kier alpha value is -2.49. The Morgan fingerprint density at radius 2 is 1.67 bits per heavy atom. The monoisotopic (exact) mass is 393 g/mol. The molecule has 0 bridgehead atoms. The second-order valence-electron chi connectivity index (χ2n) is 6.80. The van der Waals surface area contributed by atoms with Crippen molar-refractivity contribution in [3.05, 3.63) is 94.0 Å². The van der Waals surface area contributed by atoms with Crippen molar-refractivity contribution in [1.82, 2.24) is 9.55 Å². The lowest BCUT2D eigenvalue weighted by molar-refractivity contribution is 0.477. The summed E-state index contributed by atoms with van der Waals surface area (Å²) < 4.78 is 2.24. The van der Waals surface area contributed by atoms with E-state index in [1.165, 1.54) is 5.56 Å². The van der Waals surface area contributed by atoms with Crippen LogP contribution in [0.1, 0.15) is 29.6 Å². The molecule has 134 valence electrons. The molecule has 4 aromatic rings. The van der Waals surface area contributed by atoms with E-state index in [0.29, 0.717) is 10.0 Å². The Balaban J connectivity index is 1.72. The van der Waals surface area contributed by atoms with Crippen molar-refractivity contribution >= 4 is 40.2 Å². The summed E-state index contributed by atoms with van der Waals surface area (Å²) in [5.74, 6) is 0.859. The minimum atomic E-state index is 0.0463. The lowest BCUT2D eigenvalue weighted by Gasteiger charge is -2.34. The first-order valence-electron chi connectivity index (χ1n) is 8.95. The number of para-hydroxylation sites is 2. The maximum atomic E-state index is 6.62. The smallest absolute Gasteiger partial charge is 0.204 e. The zero-order valence-electron chi connectivity index (χ0n) is 14.4. The number of halogens is 2. The molecule has 1 aromatic heterocycles. The molecule has 3 aromatic carbocycles. The Morgan fingerprint density at radius 1 is 0.889 bits per heavy atom. The van der Waals surface area contributed by atoms with Crippen LogP contribution in [0.25, 0.3) is 11.0 Å². The van der Waals surface area contributed by atoms with E-state index in [4.69, 9.17) is 28.2 Å². The van der Waals surface area contributed by atoms with Gasteiger partial charge in [-0.1, -0.05) is 77.8 Å². The Morgan fingerprint density at radius 3 is 2.52 bits per heavy atom. The molecule has 2 heterocycles. The quantitative estimate of drug-likeness (QED) is 0.421. The second kappa shape index (κ2) is 6.59. The molecule has 0 fully saturated rings. The standard InChI is InChI=1S/C22H17Cl2N3/c23-16-10-6-9-15(21(16)24)20-13-18(14-7-2-1-3-8-14)26-22-25-17-11-4-5-12-19(17)27(20)22/h1-12,18,20H,13H2,(H,25,26)/t18-,20+/m0/s1. The van der Waals surface area contributed by atoms with Gasteiger partial charge in [-0.3, -0.25) is 0 Å². The highest BCUT2D eigenvalue weighted by Gasteiger charge is 2.32. The third-order valence-electron chi connectivity index (χ3n) is 5.21. The van der Waals surface area contributed by atoms with E-state index in [2.05, 4.69) is 46.3 Å². The van der Waals surface area contributed by atoms with Crippen molar-refractivity contribution in [2.75, 3.05) is 5.32 Å². The maximum absolute atomic E-state index is 6.62. The number of nitrogens with zero attached hydrogens (tertiary/aromatic N) is 2. The third-order valence-corrected chi connectivity index (χ3v) is 6.05. The Kier molecular flexibility index (Phi) is 4.07. The molecular weight excluding hydrogens is 377 g/mol. The first-order chi connectivity index (χ1) is 13.2. The van der Waals surface area contributed by atoms with Crippen molar-refractivity contribution < 1.29 is 0 Å². The van der Waals surface area contributed by atoms with Crippen LogP contribution in [-0.4, -0.2) is 9.55 Å². The summed E-state index contributed by atoms with van der Waals surface area (Å²) in [5, 5.41) is 4.80. The van der Waals surface area contributed by atoms with E-state index >= 15 is 0 Å². The lowest BCUT2D eigenvalue weighted by Crippen LogP contribution is -2.27. The molecule has 0 aliphatic carbocycles. The minimum Gasteiger partial charge on any atom is -0.349 e. The van der Waals surface area contributed by atoms with Gasteiger partial charge in [-0.25, -0.2) is 4.98 Å². The normalized spacial score (nSPS) is 18.9. The molecule has 3 nitrogen and oxygen atoms in total. The summed E-state index contributed by atoms with van der Waals surface area (Å²) in [4.78, 5) is 4.83. The van der Waals surface area contributed by atoms with Crippen LogP contribution in [0.3, 0.4) is 0 Å². The van der Waals surface area contributed by atoms with E-state index in [1.807, 2.05) is 36.4 Å². The third kappa shape index (κ3) is 2.78. The summed E-state index contributed by atoms with van der Waals surface area (Å²) in [6, 6.07) is 24.7. The number of aromatic nitrogens is 2. The number of anilines is 1. The van der Waals surface area contributed by atoms with Crippen LogP contribution in [0.5, 0.6) is 0 Å².